The summed E-state index contributed by atoms with van der Waals surface area (Å²) in [4.78, 5) is 0. The van der Waals surface area contributed by atoms with E-state index in [-0.39, 0.29) is 0 Å². The zero-order chi connectivity index (χ0) is 12.5. The zero-order valence-electron chi connectivity index (χ0n) is 10.7. The van der Waals surface area contributed by atoms with Crippen LogP contribution in [0.5, 0.6) is 5.75 Å². The van der Waals surface area contributed by atoms with E-state index in [1.165, 1.54) is 0 Å². The molecule has 0 aliphatic heterocycles. The highest BCUT2D eigenvalue weighted by molar-refractivity contribution is 6.18. The van der Waals surface area contributed by atoms with Crippen molar-refractivity contribution in [1.29, 1.82) is 0 Å². The van der Waals surface area contributed by atoms with E-state index in [0.717, 1.165) is 25.3 Å². The molecule has 0 saturated heterocycles. The van der Waals surface area contributed by atoms with Gasteiger partial charge in [-0.15, -0.1) is 11.6 Å². The van der Waals surface area contributed by atoms with E-state index in [1.54, 1.807) is 0 Å². The molecule has 1 atom stereocenters. The van der Waals surface area contributed by atoms with Crippen LogP contribution in [0.1, 0.15) is 20.3 Å². The molecule has 1 unspecified atom stereocenters. The summed E-state index contributed by atoms with van der Waals surface area (Å²) >= 11 is 5.88. The van der Waals surface area contributed by atoms with Crippen molar-refractivity contribution in [2.24, 2.45) is 5.92 Å². The van der Waals surface area contributed by atoms with Gasteiger partial charge in [-0.05, 0) is 31.0 Å². The zero-order valence-corrected chi connectivity index (χ0v) is 11.4. The van der Waals surface area contributed by atoms with Crippen LogP contribution in [0.15, 0.2) is 30.3 Å². The van der Waals surface area contributed by atoms with Crippen LogP contribution in [0.25, 0.3) is 0 Å². The summed E-state index contributed by atoms with van der Waals surface area (Å²) in [7, 11) is 0. The second-order valence-corrected chi connectivity index (χ2v) is 4.78. The van der Waals surface area contributed by atoms with Gasteiger partial charge in [-0.2, -0.15) is 0 Å². The first-order chi connectivity index (χ1) is 8.24. The number of hydrogen-bond acceptors (Lipinski definition) is 2. The third-order valence-corrected chi connectivity index (χ3v) is 3.04. The van der Waals surface area contributed by atoms with E-state index in [9.17, 15) is 0 Å². The molecule has 0 fully saturated rings. The van der Waals surface area contributed by atoms with E-state index < -0.39 is 0 Å². The van der Waals surface area contributed by atoms with Crippen molar-refractivity contribution in [2.45, 2.75) is 26.3 Å². The molecule has 0 heterocycles. The number of para-hydroxylation sites is 1. The lowest BCUT2D eigenvalue weighted by molar-refractivity contribution is 0.301. The molecule has 1 aromatic rings. The lowest BCUT2D eigenvalue weighted by atomic mass is 10.1. The molecule has 1 N–H and O–H groups in total. The molecule has 1 aromatic carbocycles. The van der Waals surface area contributed by atoms with Gasteiger partial charge in [0.15, 0.2) is 0 Å². The molecule has 0 saturated carbocycles. The second kappa shape index (κ2) is 8.37. The first-order valence-electron chi connectivity index (χ1n) is 6.21. The summed E-state index contributed by atoms with van der Waals surface area (Å²) in [5.41, 5.74) is 0. The Labute approximate surface area is 109 Å². The first kappa shape index (κ1) is 14.3. The SMILES string of the molecule is CC(C)C(CCl)NCCCOc1ccccc1. The highest BCUT2D eigenvalue weighted by Gasteiger charge is 2.09. The average molecular weight is 256 g/mol. The molecule has 0 bridgehead atoms. The molecular weight excluding hydrogens is 234 g/mol. The molecular formula is C14H22ClNO. The minimum Gasteiger partial charge on any atom is -0.494 e. The van der Waals surface area contributed by atoms with E-state index in [1.807, 2.05) is 30.3 Å². The van der Waals surface area contributed by atoms with Gasteiger partial charge in [-0.25, -0.2) is 0 Å². The number of benzene rings is 1. The van der Waals surface area contributed by atoms with Gasteiger partial charge in [0.1, 0.15) is 5.75 Å². The van der Waals surface area contributed by atoms with Crippen LogP contribution < -0.4 is 10.1 Å². The van der Waals surface area contributed by atoms with Crippen molar-refractivity contribution >= 4 is 11.6 Å². The van der Waals surface area contributed by atoms with Crippen molar-refractivity contribution in [1.82, 2.24) is 5.32 Å². The molecule has 0 amide bonds. The lowest BCUT2D eigenvalue weighted by Crippen LogP contribution is -2.36. The average Bonchev–Trinajstić information content (AvgIpc) is 2.34. The maximum atomic E-state index is 5.88. The molecule has 96 valence electrons. The predicted molar refractivity (Wildman–Crippen MR) is 73.9 cm³/mol. The van der Waals surface area contributed by atoms with Gasteiger partial charge in [0, 0.05) is 11.9 Å². The largest absolute Gasteiger partial charge is 0.494 e. The highest BCUT2D eigenvalue weighted by atomic mass is 35.5. The van der Waals surface area contributed by atoms with E-state index in [2.05, 4.69) is 19.2 Å². The van der Waals surface area contributed by atoms with Crippen LogP contribution in [0.4, 0.5) is 0 Å². The molecule has 0 spiro atoms. The van der Waals surface area contributed by atoms with Crippen LogP contribution in [0, 0.1) is 5.92 Å². The minimum atomic E-state index is 0.397. The van der Waals surface area contributed by atoms with Crippen molar-refractivity contribution in [2.75, 3.05) is 19.0 Å². The summed E-state index contributed by atoms with van der Waals surface area (Å²) in [6, 6.07) is 10.3. The maximum absolute atomic E-state index is 5.88. The molecule has 1 rings (SSSR count). The van der Waals surface area contributed by atoms with Gasteiger partial charge >= 0.3 is 0 Å². The summed E-state index contributed by atoms with van der Waals surface area (Å²) in [5, 5.41) is 3.44. The van der Waals surface area contributed by atoms with Gasteiger partial charge < -0.3 is 10.1 Å². The summed E-state index contributed by atoms with van der Waals surface area (Å²) < 4.78 is 5.61. The molecule has 3 heteroatoms. The van der Waals surface area contributed by atoms with Crippen molar-refractivity contribution in [3.05, 3.63) is 30.3 Å². The lowest BCUT2D eigenvalue weighted by Gasteiger charge is -2.19. The number of alkyl halides is 1. The van der Waals surface area contributed by atoms with Crippen LogP contribution in [-0.4, -0.2) is 25.1 Å². The van der Waals surface area contributed by atoms with Crippen LogP contribution in [0.2, 0.25) is 0 Å². The fourth-order valence-electron chi connectivity index (χ4n) is 1.53. The van der Waals surface area contributed by atoms with E-state index in [0.29, 0.717) is 17.8 Å². The van der Waals surface area contributed by atoms with E-state index >= 15 is 0 Å². The van der Waals surface area contributed by atoms with Crippen LogP contribution in [-0.2, 0) is 0 Å². The molecule has 17 heavy (non-hydrogen) atoms. The summed E-state index contributed by atoms with van der Waals surface area (Å²) in [6.45, 7) is 6.05. The topological polar surface area (TPSA) is 21.3 Å². The van der Waals surface area contributed by atoms with Crippen LogP contribution >= 0.6 is 11.6 Å². The Balaban J connectivity index is 2.08. The van der Waals surface area contributed by atoms with Gasteiger partial charge in [-0.3, -0.25) is 0 Å². The minimum absolute atomic E-state index is 0.397. The molecule has 0 aliphatic rings. The molecule has 0 aromatic heterocycles. The van der Waals surface area contributed by atoms with Gasteiger partial charge in [0.2, 0.25) is 0 Å². The Bertz CT molecular complexity index is 290. The summed E-state index contributed by atoms with van der Waals surface area (Å²) in [6.07, 6.45) is 0.995. The smallest absolute Gasteiger partial charge is 0.119 e. The monoisotopic (exact) mass is 255 g/mol. The Hall–Kier alpha value is -0.730. The van der Waals surface area contributed by atoms with Crippen LogP contribution in [0.3, 0.4) is 0 Å². The Morgan fingerprint density at radius 2 is 1.94 bits per heavy atom. The number of hydrogen-bond donors (Lipinski definition) is 1. The number of halogens is 1. The normalized spacial score (nSPS) is 12.7. The van der Waals surface area contributed by atoms with Crippen molar-refractivity contribution in [3.8, 4) is 5.75 Å². The van der Waals surface area contributed by atoms with Gasteiger partial charge in [-0.1, -0.05) is 32.0 Å². The number of ether oxygens (including phenoxy) is 1. The fraction of sp³-hybridized carbons (Fsp3) is 0.571. The van der Waals surface area contributed by atoms with Crippen molar-refractivity contribution in [3.63, 3.8) is 0 Å². The van der Waals surface area contributed by atoms with Gasteiger partial charge in [0.05, 0.1) is 6.61 Å². The third-order valence-electron chi connectivity index (χ3n) is 2.71. The second-order valence-electron chi connectivity index (χ2n) is 4.47. The molecule has 2 nitrogen and oxygen atoms in total. The fourth-order valence-corrected chi connectivity index (χ4v) is 2.00. The Kier molecular flexibility index (Phi) is 7.06. The van der Waals surface area contributed by atoms with Gasteiger partial charge in [0.25, 0.3) is 0 Å². The molecule has 0 radical (unpaired) electrons. The quantitative estimate of drug-likeness (QED) is 0.569. The highest BCUT2D eigenvalue weighted by Crippen LogP contribution is 2.08. The third kappa shape index (κ3) is 5.94. The Morgan fingerprint density at radius 1 is 1.24 bits per heavy atom. The van der Waals surface area contributed by atoms with E-state index in [4.69, 9.17) is 16.3 Å². The maximum Gasteiger partial charge on any atom is 0.119 e. The summed E-state index contributed by atoms with van der Waals surface area (Å²) in [5.74, 6) is 2.17. The Morgan fingerprint density at radius 3 is 2.53 bits per heavy atom. The molecule has 0 aliphatic carbocycles. The van der Waals surface area contributed by atoms with Crippen molar-refractivity contribution < 1.29 is 4.74 Å². The number of nitrogens with one attached hydrogen (secondary N) is 1. The first-order valence-corrected chi connectivity index (χ1v) is 6.74. The standard InChI is InChI=1S/C14H22ClNO/c1-12(2)14(11-15)16-9-6-10-17-13-7-4-3-5-8-13/h3-5,7-8,12,14,16H,6,9-11H2,1-2H3. The predicted octanol–water partition coefficient (Wildman–Crippen LogP) is 3.31. The number of rotatable bonds is 8.